The smallest absolute Gasteiger partial charge is 0.292 e. The van der Waals surface area contributed by atoms with Crippen LogP contribution in [-0.2, 0) is 6.54 Å². The summed E-state index contributed by atoms with van der Waals surface area (Å²) in [5.74, 6) is 0. The van der Waals surface area contributed by atoms with E-state index in [9.17, 15) is 14.9 Å². The standard InChI is InChI=1S/C13H10N4O3S/c14-10-2-1-8(5-11(10)17(19)20)6-16-7-15-12-9(13(16)18)3-4-21-12/h1-5,7H,6,14H2. The van der Waals surface area contributed by atoms with Crippen molar-refractivity contribution in [1.82, 2.24) is 9.55 Å². The van der Waals surface area contributed by atoms with E-state index >= 15 is 0 Å². The van der Waals surface area contributed by atoms with Crippen LogP contribution in [0.25, 0.3) is 10.2 Å². The number of fused-ring (bicyclic) bond motifs is 1. The van der Waals surface area contributed by atoms with E-state index in [-0.39, 0.29) is 23.5 Å². The zero-order valence-electron chi connectivity index (χ0n) is 10.7. The Labute approximate surface area is 122 Å². The molecule has 2 aromatic heterocycles. The van der Waals surface area contributed by atoms with E-state index in [0.717, 1.165) is 0 Å². The topological polar surface area (TPSA) is 104 Å². The van der Waals surface area contributed by atoms with Crippen LogP contribution in [0.3, 0.4) is 0 Å². The molecule has 0 amide bonds. The number of rotatable bonds is 3. The van der Waals surface area contributed by atoms with Crippen molar-refractivity contribution in [2.24, 2.45) is 0 Å². The van der Waals surface area contributed by atoms with Crippen LogP contribution in [0.5, 0.6) is 0 Å². The van der Waals surface area contributed by atoms with E-state index in [2.05, 4.69) is 4.98 Å². The predicted octanol–water partition coefficient (Wildman–Crippen LogP) is 2.00. The zero-order valence-corrected chi connectivity index (χ0v) is 11.5. The molecule has 2 N–H and O–H groups in total. The van der Waals surface area contributed by atoms with Gasteiger partial charge in [-0.2, -0.15) is 0 Å². The fraction of sp³-hybridized carbons (Fsp3) is 0.0769. The summed E-state index contributed by atoms with van der Waals surface area (Å²) >= 11 is 1.39. The Balaban J connectivity index is 2.02. The Hall–Kier alpha value is -2.74. The van der Waals surface area contributed by atoms with Gasteiger partial charge >= 0.3 is 0 Å². The highest BCUT2D eigenvalue weighted by Crippen LogP contribution is 2.22. The SMILES string of the molecule is Nc1ccc(Cn2cnc3sccc3c2=O)cc1[N+](=O)[O-]. The lowest BCUT2D eigenvalue weighted by molar-refractivity contribution is -0.384. The number of nitro benzene ring substituents is 1. The molecular weight excluding hydrogens is 292 g/mol. The number of nitrogens with two attached hydrogens (primary N) is 1. The van der Waals surface area contributed by atoms with Crippen LogP contribution >= 0.6 is 11.3 Å². The molecule has 8 heteroatoms. The maximum absolute atomic E-state index is 12.3. The van der Waals surface area contributed by atoms with E-state index in [4.69, 9.17) is 5.73 Å². The summed E-state index contributed by atoms with van der Waals surface area (Å²) in [5.41, 5.74) is 5.94. The molecule has 2 heterocycles. The van der Waals surface area contributed by atoms with Crippen LogP contribution in [0, 0.1) is 10.1 Å². The van der Waals surface area contributed by atoms with Crippen molar-refractivity contribution < 1.29 is 4.92 Å². The van der Waals surface area contributed by atoms with Crippen molar-refractivity contribution in [3.8, 4) is 0 Å². The van der Waals surface area contributed by atoms with E-state index in [0.29, 0.717) is 15.8 Å². The molecule has 0 aliphatic carbocycles. The normalized spacial score (nSPS) is 10.9. The number of hydrogen-bond donors (Lipinski definition) is 1. The minimum atomic E-state index is -0.540. The van der Waals surface area contributed by atoms with Crippen molar-refractivity contribution >= 4 is 32.9 Å². The van der Waals surface area contributed by atoms with Gasteiger partial charge in [-0.1, -0.05) is 6.07 Å². The third-order valence-corrected chi connectivity index (χ3v) is 3.92. The molecule has 1 aromatic carbocycles. The molecule has 7 nitrogen and oxygen atoms in total. The van der Waals surface area contributed by atoms with Gasteiger partial charge in [-0.15, -0.1) is 11.3 Å². The van der Waals surface area contributed by atoms with E-state index in [1.165, 1.54) is 34.4 Å². The Morgan fingerprint density at radius 3 is 2.95 bits per heavy atom. The van der Waals surface area contributed by atoms with Gasteiger partial charge in [0.25, 0.3) is 11.2 Å². The summed E-state index contributed by atoms with van der Waals surface area (Å²) in [6.45, 7) is 0.207. The lowest BCUT2D eigenvalue weighted by Crippen LogP contribution is -2.20. The first-order valence-electron chi connectivity index (χ1n) is 6.01. The number of nitro groups is 1. The fourth-order valence-electron chi connectivity index (χ4n) is 2.05. The van der Waals surface area contributed by atoms with Gasteiger partial charge in [0.05, 0.1) is 23.2 Å². The summed E-state index contributed by atoms with van der Waals surface area (Å²) in [5, 5.41) is 13.2. The molecular formula is C13H10N4O3S. The van der Waals surface area contributed by atoms with E-state index in [1.54, 1.807) is 17.5 Å². The van der Waals surface area contributed by atoms with Crippen molar-refractivity contribution in [2.75, 3.05) is 5.73 Å². The molecule has 0 spiro atoms. The van der Waals surface area contributed by atoms with Gasteiger partial charge in [-0.05, 0) is 23.1 Å². The third-order valence-electron chi connectivity index (χ3n) is 3.09. The largest absolute Gasteiger partial charge is 0.393 e. The van der Waals surface area contributed by atoms with Gasteiger partial charge < -0.3 is 5.73 Å². The van der Waals surface area contributed by atoms with Gasteiger partial charge in [0, 0.05) is 6.07 Å². The highest BCUT2D eigenvalue weighted by molar-refractivity contribution is 7.16. The first-order valence-corrected chi connectivity index (χ1v) is 6.89. The molecule has 0 unspecified atom stereocenters. The van der Waals surface area contributed by atoms with E-state index < -0.39 is 4.92 Å². The minimum Gasteiger partial charge on any atom is -0.393 e. The summed E-state index contributed by atoms with van der Waals surface area (Å²) in [4.78, 5) is 27.5. The maximum Gasteiger partial charge on any atom is 0.292 e. The summed E-state index contributed by atoms with van der Waals surface area (Å²) in [6, 6.07) is 6.22. The molecule has 106 valence electrons. The number of thiophene rings is 1. The summed E-state index contributed by atoms with van der Waals surface area (Å²) < 4.78 is 1.42. The van der Waals surface area contributed by atoms with Crippen LogP contribution in [0.1, 0.15) is 5.56 Å². The average Bonchev–Trinajstić information content (AvgIpc) is 2.93. The Morgan fingerprint density at radius 2 is 2.19 bits per heavy atom. The molecule has 0 aliphatic rings. The Kier molecular flexibility index (Phi) is 3.15. The second-order valence-corrected chi connectivity index (χ2v) is 5.36. The number of hydrogen-bond acceptors (Lipinski definition) is 6. The maximum atomic E-state index is 12.3. The molecule has 0 saturated carbocycles. The van der Waals surface area contributed by atoms with Gasteiger partial charge in [0.1, 0.15) is 10.5 Å². The second kappa shape index (κ2) is 4.98. The number of nitrogens with zero attached hydrogens (tertiary/aromatic N) is 3. The van der Waals surface area contributed by atoms with Crippen molar-refractivity contribution in [3.63, 3.8) is 0 Å². The van der Waals surface area contributed by atoms with E-state index in [1.807, 2.05) is 0 Å². The molecule has 0 fully saturated rings. The highest BCUT2D eigenvalue weighted by atomic mass is 32.1. The molecule has 0 radical (unpaired) electrons. The average molecular weight is 302 g/mol. The highest BCUT2D eigenvalue weighted by Gasteiger charge is 2.13. The predicted molar refractivity (Wildman–Crippen MR) is 80.5 cm³/mol. The quantitative estimate of drug-likeness (QED) is 0.452. The Morgan fingerprint density at radius 1 is 1.38 bits per heavy atom. The number of nitrogen functional groups attached to an aromatic ring is 1. The number of anilines is 1. The van der Waals surface area contributed by atoms with Crippen LogP contribution in [0.2, 0.25) is 0 Å². The van der Waals surface area contributed by atoms with Crippen LogP contribution in [0.15, 0.2) is 40.8 Å². The first kappa shape index (κ1) is 13.3. The molecule has 21 heavy (non-hydrogen) atoms. The Bertz CT molecular complexity index is 900. The molecule has 3 rings (SSSR count). The van der Waals surface area contributed by atoms with Gasteiger partial charge in [-0.3, -0.25) is 19.5 Å². The van der Waals surface area contributed by atoms with Crippen molar-refractivity contribution in [1.29, 1.82) is 0 Å². The lowest BCUT2D eigenvalue weighted by Gasteiger charge is -2.06. The van der Waals surface area contributed by atoms with Gasteiger partial charge in [-0.25, -0.2) is 4.98 Å². The van der Waals surface area contributed by atoms with Gasteiger partial charge in [0.15, 0.2) is 0 Å². The summed E-state index contributed by atoms with van der Waals surface area (Å²) in [7, 11) is 0. The van der Waals surface area contributed by atoms with Crippen molar-refractivity contribution in [2.45, 2.75) is 6.54 Å². The first-order chi connectivity index (χ1) is 10.1. The van der Waals surface area contributed by atoms with Gasteiger partial charge in [0.2, 0.25) is 0 Å². The molecule has 0 bridgehead atoms. The molecule has 0 atom stereocenters. The molecule has 3 aromatic rings. The van der Waals surface area contributed by atoms with Crippen LogP contribution < -0.4 is 11.3 Å². The van der Waals surface area contributed by atoms with Crippen molar-refractivity contribution in [3.05, 3.63) is 62.0 Å². The fourth-order valence-corrected chi connectivity index (χ4v) is 2.77. The second-order valence-electron chi connectivity index (χ2n) is 4.47. The lowest BCUT2D eigenvalue weighted by atomic mass is 10.1. The third kappa shape index (κ3) is 2.36. The number of aromatic nitrogens is 2. The molecule has 0 aliphatic heterocycles. The zero-order chi connectivity index (χ0) is 15.0. The van der Waals surface area contributed by atoms with Crippen LogP contribution in [-0.4, -0.2) is 14.5 Å². The minimum absolute atomic E-state index is 0.0995. The summed E-state index contributed by atoms with van der Waals surface area (Å²) in [6.07, 6.45) is 1.45. The number of benzene rings is 1. The monoisotopic (exact) mass is 302 g/mol. The molecule has 0 saturated heterocycles. The van der Waals surface area contributed by atoms with Crippen LogP contribution in [0.4, 0.5) is 11.4 Å².